The summed E-state index contributed by atoms with van der Waals surface area (Å²) in [4.78, 5) is 25.4. The van der Waals surface area contributed by atoms with Gasteiger partial charge in [-0.25, -0.2) is 9.97 Å². The van der Waals surface area contributed by atoms with Crippen molar-refractivity contribution in [1.29, 1.82) is 0 Å². The maximum atomic E-state index is 12.8. The second-order valence-electron chi connectivity index (χ2n) is 8.57. The number of rotatable bonds is 15. The molecule has 0 aliphatic rings. The molecular weight excluding hydrogens is 428 g/mol. The fourth-order valence-corrected chi connectivity index (χ4v) is 4.82. The molecule has 0 saturated carbocycles. The maximum Gasteiger partial charge on any atom is 0.277 e. The van der Waals surface area contributed by atoms with E-state index < -0.39 is 0 Å². The largest absolute Gasteiger partial charge is 0.327 e. The molecule has 2 heterocycles. The number of aromatic nitrogens is 4. The van der Waals surface area contributed by atoms with Gasteiger partial charge in [-0.15, -0.1) is 0 Å². The molecule has 0 fully saturated rings. The van der Waals surface area contributed by atoms with Crippen LogP contribution in [0.2, 0.25) is 0 Å². The van der Waals surface area contributed by atoms with E-state index in [0.717, 1.165) is 29.4 Å². The average molecular weight is 465 g/mol. The monoisotopic (exact) mass is 464 g/mol. The Morgan fingerprint density at radius 3 is 2.21 bits per heavy atom. The van der Waals surface area contributed by atoms with E-state index in [9.17, 15) is 4.79 Å². The van der Waals surface area contributed by atoms with Crippen LogP contribution in [0.1, 0.15) is 81.4 Å². The van der Waals surface area contributed by atoms with E-state index in [4.69, 9.17) is 0 Å². The zero-order chi connectivity index (χ0) is 23.1. The minimum Gasteiger partial charge on any atom is -0.327 e. The van der Waals surface area contributed by atoms with Crippen molar-refractivity contribution in [2.75, 3.05) is 0 Å². The Morgan fingerprint density at radius 1 is 0.848 bits per heavy atom. The number of hydrogen-bond donors (Lipinski definition) is 0. The molecule has 2 aromatic heterocycles. The van der Waals surface area contributed by atoms with Crippen molar-refractivity contribution in [1.82, 2.24) is 19.5 Å². The molecule has 0 spiro atoms. The van der Waals surface area contributed by atoms with Crippen molar-refractivity contribution < 1.29 is 0 Å². The van der Waals surface area contributed by atoms with Gasteiger partial charge in [-0.1, -0.05) is 100 Å². The van der Waals surface area contributed by atoms with Gasteiger partial charge in [0, 0.05) is 42.9 Å². The fraction of sp³-hybridized carbons (Fsp3) is 0.481. The van der Waals surface area contributed by atoms with E-state index in [1.165, 1.54) is 63.3 Å². The third kappa shape index (κ3) is 9.12. The highest BCUT2D eigenvalue weighted by Crippen LogP contribution is 2.21. The second kappa shape index (κ2) is 14.6. The Bertz CT molecular complexity index is 992. The fourth-order valence-electron chi connectivity index (χ4n) is 3.87. The summed E-state index contributed by atoms with van der Waals surface area (Å²) in [5.74, 6) is 0.802. The van der Waals surface area contributed by atoms with Crippen LogP contribution in [0.5, 0.6) is 0 Å². The molecule has 0 N–H and O–H groups in total. The number of hydrogen-bond acceptors (Lipinski definition) is 5. The molecular formula is C27H36N4OS. The van der Waals surface area contributed by atoms with Crippen LogP contribution < -0.4 is 5.56 Å². The number of thioether (sulfide) groups is 1. The van der Waals surface area contributed by atoms with Gasteiger partial charge in [-0.05, 0) is 17.5 Å². The van der Waals surface area contributed by atoms with Crippen LogP contribution in [0.25, 0.3) is 0 Å². The molecule has 0 amide bonds. The summed E-state index contributed by atoms with van der Waals surface area (Å²) in [5.41, 5.74) is 2.70. The third-order valence-corrected chi connectivity index (χ3v) is 6.81. The molecule has 0 atom stereocenters. The summed E-state index contributed by atoms with van der Waals surface area (Å²) in [6, 6.07) is 10.3. The number of aryl methyl sites for hydroxylation is 1. The predicted octanol–water partition coefficient (Wildman–Crippen LogP) is 6.45. The standard InChI is InChI=1S/C27H36N4OS/c1-2-3-4-5-6-7-8-9-13-16-31-20-25(17-24-18-28-22-29-19-24)26(32)30-27(31)33-21-23-14-11-10-12-15-23/h10-12,14-15,18-20,22H,2-9,13,16-17,21H2,1H3. The molecule has 3 aromatic rings. The molecule has 0 radical (unpaired) electrons. The first kappa shape index (κ1) is 25.2. The molecule has 0 aliphatic carbocycles. The number of unbranched alkanes of at least 4 members (excludes halogenated alkanes) is 8. The van der Waals surface area contributed by atoms with Crippen molar-refractivity contribution in [2.24, 2.45) is 0 Å². The third-order valence-electron chi connectivity index (χ3n) is 5.75. The normalized spacial score (nSPS) is 11.1. The van der Waals surface area contributed by atoms with Gasteiger partial charge in [-0.3, -0.25) is 4.79 Å². The van der Waals surface area contributed by atoms with E-state index in [0.29, 0.717) is 12.0 Å². The Kier molecular flexibility index (Phi) is 11.2. The van der Waals surface area contributed by atoms with E-state index >= 15 is 0 Å². The summed E-state index contributed by atoms with van der Waals surface area (Å²) in [7, 11) is 0. The van der Waals surface area contributed by atoms with Crippen LogP contribution in [-0.4, -0.2) is 19.5 Å². The topological polar surface area (TPSA) is 60.7 Å². The van der Waals surface area contributed by atoms with Crippen LogP contribution in [0, 0.1) is 0 Å². The smallest absolute Gasteiger partial charge is 0.277 e. The van der Waals surface area contributed by atoms with Crippen molar-refractivity contribution in [3.8, 4) is 0 Å². The Hall–Kier alpha value is -2.47. The molecule has 0 unspecified atom stereocenters. The SMILES string of the molecule is CCCCCCCCCCCn1cc(Cc2cncnc2)c(=O)nc1SCc1ccccc1. The first-order chi connectivity index (χ1) is 16.3. The zero-order valence-corrected chi connectivity index (χ0v) is 20.6. The highest BCUT2D eigenvalue weighted by molar-refractivity contribution is 7.98. The minimum absolute atomic E-state index is 0.155. The zero-order valence-electron chi connectivity index (χ0n) is 19.8. The molecule has 33 heavy (non-hydrogen) atoms. The lowest BCUT2D eigenvalue weighted by Crippen LogP contribution is -2.20. The average Bonchev–Trinajstić information content (AvgIpc) is 2.85. The first-order valence-electron chi connectivity index (χ1n) is 12.3. The summed E-state index contributed by atoms with van der Waals surface area (Å²) in [6.45, 7) is 3.15. The molecule has 5 nitrogen and oxygen atoms in total. The van der Waals surface area contributed by atoms with Crippen LogP contribution >= 0.6 is 11.8 Å². The summed E-state index contributed by atoms with van der Waals surface area (Å²) in [5, 5.41) is 0.802. The second-order valence-corrected chi connectivity index (χ2v) is 9.52. The van der Waals surface area contributed by atoms with Gasteiger partial charge in [0.15, 0.2) is 5.16 Å². The Balaban J connectivity index is 1.61. The van der Waals surface area contributed by atoms with Crippen molar-refractivity contribution in [3.05, 3.63) is 82.3 Å². The lowest BCUT2D eigenvalue weighted by Gasteiger charge is -2.14. The highest BCUT2D eigenvalue weighted by Gasteiger charge is 2.11. The van der Waals surface area contributed by atoms with Gasteiger partial charge in [0.25, 0.3) is 5.56 Å². The molecule has 3 rings (SSSR count). The van der Waals surface area contributed by atoms with E-state index in [-0.39, 0.29) is 5.56 Å². The minimum atomic E-state index is -0.155. The maximum absolute atomic E-state index is 12.8. The van der Waals surface area contributed by atoms with E-state index in [1.54, 1.807) is 24.2 Å². The van der Waals surface area contributed by atoms with Gasteiger partial charge in [0.05, 0.1) is 0 Å². The molecule has 0 saturated heterocycles. The Morgan fingerprint density at radius 2 is 1.52 bits per heavy atom. The van der Waals surface area contributed by atoms with Crippen molar-refractivity contribution in [3.63, 3.8) is 0 Å². The summed E-state index contributed by atoms with van der Waals surface area (Å²) in [6.07, 6.45) is 19.2. The summed E-state index contributed by atoms with van der Waals surface area (Å²) < 4.78 is 2.18. The van der Waals surface area contributed by atoms with Crippen molar-refractivity contribution >= 4 is 11.8 Å². The lowest BCUT2D eigenvalue weighted by molar-refractivity contribution is 0.513. The van der Waals surface area contributed by atoms with Gasteiger partial charge >= 0.3 is 0 Å². The van der Waals surface area contributed by atoms with Crippen LogP contribution in [-0.2, 0) is 18.7 Å². The molecule has 0 aliphatic heterocycles. The molecule has 176 valence electrons. The van der Waals surface area contributed by atoms with Gasteiger partial charge in [0.2, 0.25) is 0 Å². The first-order valence-corrected chi connectivity index (χ1v) is 13.3. The molecule has 0 bridgehead atoms. The van der Waals surface area contributed by atoms with Crippen molar-refractivity contribution in [2.45, 2.75) is 88.6 Å². The van der Waals surface area contributed by atoms with Gasteiger partial charge < -0.3 is 4.57 Å². The highest BCUT2D eigenvalue weighted by atomic mass is 32.2. The lowest BCUT2D eigenvalue weighted by atomic mass is 10.1. The van der Waals surface area contributed by atoms with Crippen LogP contribution in [0.4, 0.5) is 0 Å². The number of nitrogens with zero attached hydrogens (tertiary/aromatic N) is 4. The van der Waals surface area contributed by atoms with Crippen LogP contribution in [0.15, 0.2) is 65.2 Å². The predicted molar refractivity (Wildman–Crippen MR) is 137 cm³/mol. The Labute approximate surface area is 202 Å². The van der Waals surface area contributed by atoms with E-state index in [1.807, 2.05) is 24.4 Å². The van der Waals surface area contributed by atoms with Crippen LogP contribution in [0.3, 0.4) is 0 Å². The number of benzene rings is 1. The molecule has 6 heteroatoms. The van der Waals surface area contributed by atoms with E-state index in [2.05, 4.69) is 38.6 Å². The summed E-state index contributed by atoms with van der Waals surface area (Å²) >= 11 is 1.64. The van der Waals surface area contributed by atoms with Gasteiger partial charge in [0.1, 0.15) is 6.33 Å². The quantitative estimate of drug-likeness (QED) is 0.147. The molecule has 1 aromatic carbocycles. The van der Waals surface area contributed by atoms with Gasteiger partial charge in [-0.2, -0.15) is 4.98 Å².